The van der Waals surface area contributed by atoms with E-state index in [1.807, 2.05) is 61.5 Å². The van der Waals surface area contributed by atoms with Gasteiger partial charge in [0, 0.05) is 27.6 Å². The number of carbonyl (C=O) groups is 5. The van der Waals surface area contributed by atoms with Crippen molar-refractivity contribution in [2.45, 2.75) is 31.1 Å². The number of fused-ring (bicyclic) bond motifs is 4. The maximum atomic E-state index is 15.3. The molecule has 4 aliphatic rings. The fraction of sp³-hybridized carbons (Fsp3) is 0.196. The van der Waals surface area contributed by atoms with E-state index in [1.54, 1.807) is 72.8 Å². The average molecular weight is 762 g/mol. The molecule has 5 aromatic carbocycles. The molecule has 4 amide bonds. The van der Waals surface area contributed by atoms with Gasteiger partial charge in [0.15, 0.2) is 5.78 Å². The van der Waals surface area contributed by atoms with E-state index in [9.17, 15) is 24.3 Å². The van der Waals surface area contributed by atoms with Crippen LogP contribution in [0.2, 0.25) is 5.02 Å². The molecule has 2 aliphatic heterocycles. The molecule has 2 saturated heterocycles. The number of halogens is 1. The molecule has 2 N–H and O–H groups in total. The summed E-state index contributed by atoms with van der Waals surface area (Å²) in [6.45, 7) is 1.94. The van der Waals surface area contributed by atoms with E-state index in [0.717, 1.165) is 10.6 Å². The summed E-state index contributed by atoms with van der Waals surface area (Å²) in [7, 11) is 0. The molecule has 2 heterocycles. The molecular formula is C46H36ClN3O6. The summed E-state index contributed by atoms with van der Waals surface area (Å²) >= 11 is 6.61. The van der Waals surface area contributed by atoms with E-state index >= 15 is 4.79 Å². The Kier molecular flexibility index (Phi) is 8.50. The second-order valence-corrected chi connectivity index (χ2v) is 15.5. The van der Waals surface area contributed by atoms with E-state index in [2.05, 4.69) is 5.43 Å². The topological polar surface area (TPSA) is 124 Å². The SMILES string of the molecule is Cc1ccc(NN2C(=O)C3CC4C(=CCC5C(=O)N(c6ccc(C(=O)c7ccccc7)cc6)C(=O)C54)C(c4cc(Cl)ccc4O)C3(c3ccccc3)C2=O)cc1. The van der Waals surface area contributed by atoms with Gasteiger partial charge in [-0.05, 0) is 85.8 Å². The fourth-order valence-electron chi connectivity index (χ4n) is 9.62. The van der Waals surface area contributed by atoms with Crippen LogP contribution in [0, 0.1) is 30.6 Å². The number of nitrogens with one attached hydrogen (secondary N) is 1. The zero-order valence-electron chi connectivity index (χ0n) is 30.3. The zero-order chi connectivity index (χ0) is 38.9. The van der Waals surface area contributed by atoms with Crippen LogP contribution in [0.15, 0.2) is 139 Å². The molecule has 10 heteroatoms. The highest BCUT2D eigenvalue weighted by Gasteiger charge is 2.70. The minimum atomic E-state index is -1.54. The van der Waals surface area contributed by atoms with Crippen LogP contribution in [-0.2, 0) is 24.6 Å². The number of anilines is 2. The molecule has 6 atom stereocenters. The molecule has 0 spiro atoms. The van der Waals surface area contributed by atoms with Crippen molar-refractivity contribution in [1.29, 1.82) is 0 Å². The lowest BCUT2D eigenvalue weighted by Gasteiger charge is -2.50. The number of allylic oxidation sites excluding steroid dienone is 2. The van der Waals surface area contributed by atoms with Gasteiger partial charge in [0.25, 0.3) is 11.8 Å². The van der Waals surface area contributed by atoms with Crippen molar-refractivity contribution in [3.8, 4) is 5.75 Å². The van der Waals surface area contributed by atoms with Crippen LogP contribution < -0.4 is 10.3 Å². The van der Waals surface area contributed by atoms with Crippen molar-refractivity contribution in [1.82, 2.24) is 5.01 Å². The van der Waals surface area contributed by atoms with Gasteiger partial charge in [0.2, 0.25) is 11.8 Å². The summed E-state index contributed by atoms with van der Waals surface area (Å²) < 4.78 is 0. The molecule has 0 bridgehead atoms. The molecule has 6 unspecified atom stereocenters. The van der Waals surface area contributed by atoms with E-state index in [0.29, 0.717) is 44.2 Å². The summed E-state index contributed by atoms with van der Waals surface area (Å²) in [6.07, 6.45) is 2.25. The van der Waals surface area contributed by atoms with Crippen molar-refractivity contribution < 1.29 is 29.1 Å². The number of hydrogen-bond acceptors (Lipinski definition) is 7. The first kappa shape index (κ1) is 35.4. The lowest BCUT2D eigenvalue weighted by Crippen LogP contribution is -2.53. The van der Waals surface area contributed by atoms with Crippen LogP contribution in [0.25, 0.3) is 0 Å². The van der Waals surface area contributed by atoms with Gasteiger partial charge in [-0.2, -0.15) is 5.01 Å². The Morgan fingerprint density at radius 3 is 2.12 bits per heavy atom. The molecule has 0 aromatic heterocycles. The molecule has 5 aromatic rings. The van der Waals surface area contributed by atoms with Crippen molar-refractivity contribution in [3.63, 3.8) is 0 Å². The predicted octanol–water partition coefficient (Wildman–Crippen LogP) is 7.77. The molecular weight excluding hydrogens is 726 g/mol. The van der Waals surface area contributed by atoms with E-state index in [4.69, 9.17) is 11.6 Å². The smallest absolute Gasteiger partial charge is 0.260 e. The van der Waals surface area contributed by atoms with Crippen molar-refractivity contribution >= 4 is 52.4 Å². The first-order chi connectivity index (χ1) is 27.1. The first-order valence-electron chi connectivity index (χ1n) is 18.6. The van der Waals surface area contributed by atoms with E-state index in [1.165, 1.54) is 11.0 Å². The number of carbonyl (C=O) groups excluding carboxylic acids is 5. The largest absolute Gasteiger partial charge is 0.508 e. The normalized spacial score (nSPS) is 25.4. The fourth-order valence-corrected chi connectivity index (χ4v) is 9.80. The second-order valence-electron chi connectivity index (χ2n) is 15.0. The zero-order valence-corrected chi connectivity index (χ0v) is 31.0. The predicted molar refractivity (Wildman–Crippen MR) is 211 cm³/mol. The number of phenolic OH excluding ortho intramolecular Hbond substituents is 1. The summed E-state index contributed by atoms with van der Waals surface area (Å²) in [5, 5.41) is 13.0. The summed E-state index contributed by atoms with van der Waals surface area (Å²) in [4.78, 5) is 73.4. The van der Waals surface area contributed by atoms with Crippen molar-refractivity contribution in [2.75, 3.05) is 10.3 Å². The molecule has 9 rings (SSSR count). The van der Waals surface area contributed by atoms with Gasteiger partial charge in [-0.15, -0.1) is 0 Å². The molecule has 2 aliphatic carbocycles. The Bertz CT molecular complexity index is 2470. The van der Waals surface area contributed by atoms with E-state index < -0.39 is 52.7 Å². The third kappa shape index (κ3) is 5.33. The van der Waals surface area contributed by atoms with Gasteiger partial charge in [-0.1, -0.05) is 102 Å². The molecule has 0 radical (unpaired) electrons. The number of nitrogens with zero attached hydrogens (tertiary/aromatic N) is 2. The highest BCUT2D eigenvalue weighted by Crippen LogP contribution is 2.65. The first-order valence-corrected chi connectivity index (χ1v) is 19.0. The van der Waals surface area contributed by atoms with Gasteiger partial charge in [-0.25, -0.2) is 0 Å². The van der Waals surface area contributed by atoms with Gasteiger partial charge < -0.3 is 5.11 Å². The number of aromatic hydroxyl groups is 1. The number of rotatable bonds is 7. The Hall–Kier alpha value is -6.32. The second kappa shape index (κ2) is 13.5. The van der Waals surface area contributed by atoms with Crippen LogP contribution in [-0.4, -0.2) is 39.5 Å². The third-order valence-corrected chi connectivity index (χ3v) is 12.4. The minimum absolute atomic E-state index is 0.105. The number of phenols is 1. The summed E-state index contributed by atoms with van der Waals surface area (Å²) in [5.74, 6) is -6.12. The quantitative estimate of drug-likeness (QED) is 0.0987. The highest BCUT2D eigenvalue weighted by molar-refractivity contribution is 6.30. The number of hydrogen-bond donors (Lipinski definition) is 2. The standard InChI is InChI=1S/C46H36ClN3O6/c1-26-12-17-31(18-13-26)48-50-43(54)37-25-35-33(40(36-24-30(47)16-23-38(36)51)46(37,45(50)56)29-10-6-3-7-11-29)21-22-34-39(35)44(55)49(42(34)53)32-19-14-28(15-20-32)41(52)27-8-4-2-5-9-27/h2-21,23-24,34-35,37,39-40,48,51H,22,25H2,1H3. The number of aryl methyl sites for hydroxylation is 1. The summed E-state index contributed by atoms with van der Waals surface area (Å²) in [6, 6.07) is 36.4. The Morgan fingerprint density at radius 2 is 1.43 bits per heavy atom. The van der Waals surface area contributed by atoms with Gasteiger partial charge in [0.05, 0.1) is 34.5 Å². The number of ketones is 1. The number of benzene rings is 5. The number of imide groups is 2. The molecule has 278 valence electrons. The number of hydrazine groups is 1. The number of amides is 4. The molecule has 3 fully saturated rings. The van der Waals surface area contributed by atoms with Crippen LogP contribution >= 0.6 is 11.6 Å². The van der Waals surface area contributed by atoms with Crippen LogP contribution in [0.4, 0.5) is 11.4 Å². The van der Waals surface area contributed by atoms with Gasteiger partial charge >= 0.3 is 0 Å². The lowest BCUT2D eigenvalue weighted by molar-refractivity contribution is -0.138. The third-order valence-electron chi connectivity index (χ3n) is 12.1. The Labute approximate surface area is 328 Å². The summed E-state index contributed by atoms with van der Waals surface area (Å²) in [5.41, 5.74) is 6.02. The molecule has 9 nitrogen and oxygen atoms in total. The van der Waals surface area contributed by atoms with Gasteiger partial charge in [0.1, 0.15) is 5.75 Å². The van der Waals surface area contributed by atoms with Crippen molar-refractivity contribution in [2.24, 2.45) is 23.7 Å². The average Bonchev–Trinajstić information content (AvgIpc) is 3.60. The Morgan fingerprint density at radius 1 is 0.768 bits per heavy atom. The highest BCUT2D eigenvalue weighted by atomic mass is 35.5. The van der Waals surface area contributed by atoms with E-state index in [-0.39, 0.29) is 30.3 Å². The maximum absolute atomic E-state index is 15.3. The van der Waals surface area contributed by atoms with Crippen LogP contribution in [0.1, 0.15) is 51.4 Å². The van der Waals surface area contributed by atoms with Crippen LogP contribution in [0.3, 0.4) is 0 Å². The molecule has 56 heavy (non-hydrogen) atoms. The minimum Gasteiger partial charge on any atom is -0.508 e. The maximum Gasteiger partial charge on any atom is 0.260 e. The van der Waals surface area contributed by atoms with Crippen LogP contribution in [0.5, 0.6) is 5.75 Å². The Balaban J connectivity index is 1.15. The monoisotopic (exact) mass is 761 g/mol. The molecule has 1 saturated carbocycles. The van der Waals surface area contributed by atoms with Gasteiger partial charge in [-0.3, -0.25) is 34.3 Å². The lowest BCUT2D eigenvalue weighted by atomic mass is 9.49. The van der Waals surface area contributed by atoms with Crippen molar-refractivity contribution in [3.05, 3.63) is 172 Å².